The van der Waals surface area contributed by atoms with E-state index in [4.69, 9.17) is 9.72 Å². The van der Waals surface area contributed by atoms with Crippen LogP contribution in [0.1, 0.15) is 80.4 Å². The number of nitrogens with zero attached hydrogens (tertiary/aromatic N) is 3. The zero-order valence-electron chi connectivity index (χ0n) is 18.6. The van der Waals surface area contributed by atoms with E-state index < -0.39 is 0 Å². The van der Waals surface area contributed by atoms with Gasteiger partial charge in [0.1, 0.15) is 11.6 Å². The molecule has 168 valence electrons. The van der Waals surface area contributed by atoms with Gasteiger partial charge in [0.2, 0.25) is 0 Å². The number of pyridine rings is 1. The zero-order valence-corrected chi connectivity index (χ0v) is 20.2. The van der Waals surface area contributed by atoms with Gasteiger partial charge in [0.25, 0.3) is 0 Å². The number of aryl methyl sites for hydroxylation is 3. The van der Waals surface area contributed by atoms with Crippen LogP contribution in [-0.2, 0) is 22.4 Å². The molecule has 1 aliphatic rings. The van der Waals surface area contributed by atoms with Gasteiger partial charge in [-0.3, -0.25) is 4.79 Å². The van der Waals surface area contributed by atoms with Crippen LogP contribution in [0.3, 0.4) is 0 Å². The maximum atomic E-state index is 12.0. The Labute approximate surface area is 193 Å². The molecule has 0 saturated heterocycles. The molecule has 6 nitrogen and oxygen atoms in total. The number of esters is 1. The summed E-state index contributed by atoms with van der Waals surface area (Å²) >= 11 is 3.70. The minimum absolute atomic E-state index is 0.113. The number of hydrogen-bond acceptors (Lipinski definition) is 6. The van der Waals surface area contributed by atoms with Crippen molar-refractivity contribution in [2.24, 2.45) is 0 Å². The molecule has 0 amide bonds. The van der Waals surface area contributed by atoms with Gasteiger partial charge in [-0.05, 0) is 85.0 Å². The lowest BCUT2D eigenvalue weighted by Gasteiger charge is -2.18. The van der Waals surface area contributed by atoms with Crippen LogP contribution in [0.2, 0.25) is 0 Å². The number of nitrogens with one attached hydrogen (secondary N) is 1. The Balaban J connectivity index is 1.45. The fourth-order valence-corrected chi connectivity index (χ4v) is 4.59. The Morgan fingerprint density at radius 2 is 2.00 bits per heavy atom. The molecule has 3 heterocycles. The fraction of sp³-hybridized carbons (Fsp3) is 0.583. The first-order valence-corrected chi connectivity index (χ1v) is 12.2. The number of anilines is 1. The van der Waals surface area contributed by atoms with Crippen molar-refractivity contribution in [1.82, 2.24) is 15.0 Å². The van der Waals surface area contributed by atoms with Crippen molar-refractivity contribution in [2.45, 2.75) is 77.6 Å². The normalized spacial score (nSPS) is 13.9. The molecule has 0 unspecified atom stereocenters. The Kier molecular flexibility index (Phi) is 9.25. The minimum atomic E-state index is -0.148. The van der Waals surface area contributed by atoms with Gasteiger partial charge in [-0.15, -0.1) is 0 Å². The van der Waals surface area contributed by atoms with Crippen molar-refractivity contribution in [3.05, 3.63) is 45.6 Å². The molecule has 2 aromatic rings. The predicted octanol–water partition coefficient (Wildman–Crippen LogP) is 5.53. The van der Waals surface area contributed by atoms with Crippen LogP contribution in [-0.4, -0.2) is 34.1 Å². The molecule has 0 aromatic carbocycles. The molecule has 7 heteroatoms. The second kappa shape index (κ2) is 12.1. The molecule has 0 aliphatic carbocycles. The summed E-state index contributed by atoms with van der Waals surface area (Å²) in [6.45, 7) is 5.14. The zero-order chi connectivity index (χ0) is 22.1. The van der Waals surface area contributed by atoms with E-state index in [1.165, 1.54) is 12.0 Å². The summed E-state index contributed by atoms with van der Waals surface area (Å²) in [6.07, 6.45) is 12.7. The van der Waals surface area contributed by atoms with Gasteiger partial charge in [0.05, 0.1) is 18.7 Å². The molecule has 2 aromatic heterocycles. The van der Waals surface area contributed by atoms with E-state index in [0.717, 1.165) is 78.9 Å². The van der Waals surface area contributed by atoms with E-state index in [-0.39, 0.29) is 11.9 Å². The molecule has 0 fully saturated rings. The van der Waals surface area contributed by atoms with Gasteiger partial charge in [-0.2, -0.15) is 0 Å². The highest BCUT2D eigenvalue weighted by Gasteiger charge is 2.18. The highest BCUT2D eigenvalue weighted by Crippen LogP contribution is 2.28. The SMILES string of the molecule is CCOC(=O)C[C@H](CCCCCCc1nc2c(cc1Br)CCCN2)c1cnc(C)nc1. The number of rotatable bonds is 11. The maximum absolute atomic E-state index is 12.0. The van der Waals surface area contributed by atoms with Gasteiger partial charge < -0.3 is 10.1 Å². The molecule has 0 radical (unpaired) electrons. The Hall–Kier alpha value is -2.02. The number of aromatic nitrogens is 3. The molecule has 1 N–H and O–H groups in total. The first-order chi connectivity index (χ1) is 15.1. The third-order valence-electron chi connectivity index (χ3n) is 5.75. The van der Waals surface area contributed by atoms with Crippen molar-refractivity contribution in [3.63, 3.8) is 0 Å². The van der Waals surface area contributed by atoms with E-state index in [1.54, 1.807) is 0 Å². The summed E-state index contributed by atoms with van der Waals surface area (Å²) in [7, 11) is 0. The van der Waals surface area contributed by atoms with Crippen molar-refractivity contribution in [1.29, 1.82) is 0 Å². The lowest BCUT2D eigenvalue weighted by atomic mass is 9.92. The summed E-state index contributed by atoms with van der Waals surface area (Å²) in [6, 6.07) is 2.23. The van der Waals surface area contributed by atoms with Gasteiger partial charge in [-0.1, -0.05) is 19.3 Å². The molecule has 31 heavy (non-hydrogen) atoms. The van der Waals surface area contributed by atoms with Crippen LogP contribution in [0.5, 0.6) is 0 Å². The summed E-state index contributed by atoms with van der Waals surface area (Å²) < 4.78 is 6.29. The fourth-order valence-electron chi connectivity index (χ4n) is 4.03. The van der Waals surface area contributed by atoms with E-state index in [2.05, 4.69) is 37.3 Å². The Morgan fingerprint density at radius 1 is 1.23 bits per heavy atom. The first kappa shape index (κ1) is 23.6. The van der Waals surface area contributed by atoms with Gasteiger partial charge in [-0.25, -0.2) is 15.0 Å². The lowest BCUT2D eigenvalue weighted by molar-refractivity contribution is -0.143. The number of fused-ring (bicyclic) bond motifs is 1. The molecular weight excluding hydrogens is 456 g/mol. The molecule has 0 spiro atoms. The smallest absolute Gasteiger partial charge is 0.306 e. The topological polar surface area (TPSA) is 77.0 Å². The van der Waals surface area contributed by atoms with Crippen LogP contribution in [0.25, 0.3) is 0 Å². The van der Waals surface area contributed by atoms with E-state index in [0.29, 0.717) is 13.0 Å². The van der Waals surface area contributed by atoms with Gasteiger partial charge in [0.15, 0.2) is 0 Å². The second-order valence-electron chi connectivity index (χ2n) is 8.18. The van der Waals surface area contributed by atoms with Crippen LogP contribution in [0.4, 0.5) is 5.82 Å². The second-order valence-corrected chi connectivity index (χ2v) is 9.03. The Bertz CT molecular complexity index is 857. The molecule has 0 bridgehead atoms. The van der Waals surface area contributed by atoms with Crippen molar-refractivity contribution in [2.75, 3.05) is 18.5 Å². The highest BCUT2D eigenvalue weighted by atomic mass is 79.9. The number of carbonyl (C=O) groups is 1. The quantitative estimate of drug-likeness (QED) is 0.330. The summed E-state index contributed by atoms with van der Waals surface area (Å²) in [4.78, 5) is 25.5. The molecule has 3 rings (SSSR count). The van der Waals surface area contributed by atoms with E-state index >= 15 is 0 Å². The van der Waals surface area contributed by atoms with Gasteiger partial charge >= 0.3 is 5.97 Å². The molecule has 0 saturated carbocycles. The number of halogens is 1. The van der Waals surface area contributed by atoms with Crippen LogP contribution >= 0.6 is 15.9 Å². The number of unbranched alkanes of at least 4 members (excludes halogenated alkanes) is 3. The molecule has 1 aliphatic heterocycles. The average molecular weight is 489 g/mol. The Morgan fingerprint density at radius 3 is 2.77 bits per heavy atom. The third-order valence-corrected chi connectivity index (χ3v) is 6.44. The first-order valence-electron chi connectivity index (χ1n) is 11.4. The number of carbonyl (C=O) groups excluding carboxylic acids is 1. The van der Waals surface area contributed by atoms with Crippen LogP contribution in [0, 0.1) is 6.92 Å². The predicted molar refractivity (Wildman–Crippen MR) is 126 cm³/mol. The largest absolute Gasteiger partial charge is 0.466 e. The van der Waals surface area contributed by atoms with Crippen molar-refractivity contribution < 1.29 is 9.53 Å². The van der Waals surface area contributed by atoms with Crippen molar-refractivity contribution >= 4 is 27.7 Å². The number of ether oxygens (including phenoxy) is 1. The van der Waals surface area contributed by atoms with Gasteiger partial charge in [0, 0.05) is 23.4 Å². The standard InChI is InChI=1S/C24H33BrN4O2/c1-3-31-23(30)14-18(20-15-27-17(2)28-16-20)9-6-4-5-7-11-22-21(25)13-19-10-8-12-26-24(19)29-22/h13,15-16,18H,3-12,14H2,1-2H3,(H,26,29)/t18-/m0/s1. The number of hydrogen-bond donors (Lipinski definition) is 1. The van der Waals surface area contributed by atoms with Crippen molar-refractivity contribution in [3.8, 4) is 0 Å². The van der Waals surface area contributed by atoms with Crippen LogP contribution in [0.15, 0.2) is 22.9 Å². The summed E-state index contributed by atoms with van der Waals surface area (Å²) in [5.74, 6) is 1.77. The summed E-state index contributed by atoms with van der Waals surface area (Å²) in [5, 5.41) is 3.42. The maximum Gasteiger partial charge on any atom is 0.306 e. The molecular formula is C24H33BrN4O2. The lowest BCUT2D eigenvalue weighted by Crippen LogP contribution is -2.14. The van der Waals surface area contributed by atoms with E-state index in [9.17, 15) is 4.79 Å². The minimum Gasteiger partial charge on any atom is -0.466 e. The van der Waals surface area contributed by atoms with E-state index in [1.807, 2.05) is 26.2 Å². The molecule has 1 atom stereocenters. The average Bonchev–Trinajstić information content (AvgIpc) is 2.76. The highest BCUT2D eigenvalue weighted by molar-refractivity contribution is 9.10. The third kappa shape index (κ3) is 7.27. The van der Waals surface area contributed by atoms with Crippen LogP contribution < -0.4 is 5.32 Å². The monoisotopic (exact) mass is 488 g/mol. The summed E-state index contributed by atoms with van der Waals surface area (Å²) in [5.41, 5.74) is 3.48.